The lowest BCUT2D eigenvalue weighted by atomic mass is 10.4. The highest BCUT2D eigenvalue weighted by Crippen LogP contribution is 2.21. The molecule has 0 aliphatic rings. The zero-order chi connectivity index (χ0) is 10.1. The summed E-state index contributed by atoms with van der Waals surface area (Å²) in [6.07, 6.45) is 0. The van der Waals surface area contributed by atoms with Gasteiger partial charge in [0.05, 0.1) is 0 Å². The zero-order valence-electron chi connectivity index (χ0n) is 6.68. The fourth-order valence-corrected chi connectivity index (χ4v) is 1.42. The SMILES string of the molecule is CC(=O)Nc1nc(C(O)(O)O)cs1. The average Bonchev–Trinajstić information content (AvgIpc) is 2.32. The van der Waals surface area contributed by atoms with Gasteiger partial charge >= 0.3 is 5.97 Å². The summed E-state index contributed by atoms with van der Waals surface area (Å²) < 4.78 is 0. The first-order valence-electron chi connectivity index (χ1n) is 3.30. The molecule has 0 atom stereocenters. The Morgan fingerprint density at radius 2 is 2.23 bits per heavy atom. The number of hydrogen-bond donors (Lipinski definition) is 4. The Balaban J connectivity index is 2.81. The standard InChI is InChI=1S/C6H8N2O4S/c1-3(9)7-5-8-4(2-13-5)6(10,11)12/h2,10-12H,1H3,(H,7,8,9). The maximum Gasteiger partial charge on any atom is 0.323 e. The van der Waals surface area contributed by atoms with Crippen molar-refractivity contribution in [2.75, 3.05) is 5.32 Å². The van der Waals surface area contributed by atoms with Gasteiger partial charge in [-0.3, -0.25) is 4.79 Å². The van der Waals surface area contributed by atoms with E-state index >= 15 is 0 Å². The maximum absolute atomic E-state index is 10.5. The van der Waals surface area contributed by atoms with Gasteiger partial charge in [-0.15, -0.1) is 11.3 Å². The molecule has 1 aromatic heterocycles. The Hall–Kier alpha value is -1.02. The molecule has 1 rings (SSSR count). The molecule has 0 aromatic carbocycles. The zero-order valence-corrected chi connectivity index (χ0v) is 7.50. The lowest BCUT2D eigenvalue weighted by molar-refractivity contribution is -0.326. The number of thiazole rings is 1. The lowest BCUT2D eigenvalue weighted by Gasteiger charge is -2.09. The van der Waals surface area contributed by atoms with E-state index in [-0.39, 0.29) is 16.7 Å². The van der Waals surface area contributed by atoms with Crippen molar-refractivity contribution in [1.82, 2.24) is 4.98 Å². The lowest BCUT2D eigenvalue weighted by Crippen LogP contribution is -2.24. The van der Waals surface area contributed by atoms with E-state index < -0.39 is 5.97 Å². The van der Waals surface area contributed by atoms with Crippen LogP contribution in [-0.4, -0.2) is 26.2 Å². The van der Waals surface area contributed by atoms with E-state index in [4.69, 9.17) is 15.3 Å². The number of aromatic nitrogens is 1. The van der Waals surface area contributed by atoms with Crippen LogP contribution >= 0.6 is 11.3 Å². The van der Waals surface area contributed by atoms with Gasteiger partial charge in [0.1, 0.15) is 5.69 Å². The van der Waals surface area contributed by atoms with Crippen LogP contribution in [0.3, 0.4) is 0 Å². The molecule has 0 aliphatic carbocycles. The van der Waals surface area contributed by atoms with Crippen molar-refractivity contribution in [2.45, 2.75) is 12.9 Å². The molecule has 1 heterocycles. The molecule has 0 spiro atoms. The molecular weight excluding hydrogens is 196 g/mol. The minimum absolute atomic E-state index is 0.198. The Bertz CT molecular complexity index is 317. The first-order chi connectivity index (χ1) is 5.89. The second-order valence-electron chi connectivity index (χ2n) is 2.35. The number of carbonyl (C=O) groups excluding carboxylic acids is 1. The number of aliphatic hydroxyl groups is 3. The molecule has 0 unspecified atom stereocenters. The third-order valence-electron chi connectivity index (χ3n) is 1.13. The summed E-state index contributed by atoms with van der Waals surface area (Å²) in [6.45, 7) is 1.30. The van der Waals surface area contributed by atoms with E-state index in [2.05, 4.69) is 10.3 Å². The Morgan fingerprint density at radius 1 is 1.62 bits per heavy atom. The number of anilines is 1. The molecule has 1 amide bonds. The van der Waals surface area contributed by atoms with Gasteiger partial charge in [0.25, 0.3) is 0 Å². The molecule has 4 N–H and O–H groups in total. The maximum atomic E-state index is 10.5. The molecule has 0 saturated heterocycles. The molecule has 0 radical (unpaired) electrons. The van der Waals surface area contributed by atoms with Crippen molar-refractivity contribution < 1.29 is 20.1 Å². The smallest absolute Gasteiger partial charge is 0.323 e. The first kappa shape index (κ1) is 10.1. The Kier molecular flexibility index (Phi) is 2.62. The van der Waals surface area contributed by atoms with Crippen molar-refractivity contribution in [3.8, 4) is 0 Å². The van der Waals surface area contributed by atoms with Crippen molar-refractivity contribution >= 4 is 22.4 Å². The number of hydrogen-bond acceptors (Lipinski definition) is 6. The van der Waals surface area contributed by atoms with Gasteiger partial charge in [-0.2, -0.15) is 0 Å². The highest BCUT2D eigenvalue weighted by molar-refractivity contribution is 7.13. The van der Waals surface area contributed by atoms with Gasteiger partial charge in [0.15, 0.2) is 5.13 Å². The first-order valence-corrected chi connectivity index (χ1v) is 4.18. The van der Waals surface area contributed by atoms with Gasteiger partial charge in [0, 0.05) is 12.3 Å². The summed E-state index contributed by atoms with van der Waals surface area (Å²) in [5.74, 6) is -3.27. The minimum Gasteiger partial charge on any atom is -0.338 e. The van der Waals surface area contributed by atoms with E-state index in [0.29, 0.717) is 0 Å². The normalized spacial score (nSPS) is 11.4. The van der Waals surface area contributed by atoms with Gasteiger partial charge in [-0.1, -0.05) is 0 Å². The number of rotatable bonds is 2. The van der Waals surface area contributed by atoms with E-state index in [9.17, 15) is 4.79 Å². The van der Waals surface area contributed by atoms with Gasteiger partial charge in [-0.25, -0.2) is 4.98 Å². The predicted molar refractivity (Wildman–Crippen MR) is 44.8 cm³/mol. The third kappa shape index (κ3) is 2.74. The fourth-order valence-electron chi connectivity index (χ4n) is 0.636. The fraction of sp³-hybridized carbons (Fsp3) is 0.333. The molecule has 0 saturated carbocycles. The molecule has 0 bridgehead atoms. The summed E-state index contributed by atoms with van der Waals surface area (Å²) >= 11 is 0.982. The van der Waals surface area contributed by atoms with Crippen LogP contribution in [0.5, 0.6) is 0 Å². The molecule has 6 nitrogen and oxygen atoms in total. The average molecular weight is 204 g/mol. The molecule has 1 aromatic rings. The molecular formula is C6H8N2O4S. The number of carbonyl (C=O) groups is 1. The van der Waals surface area contributed by atoms with E-state index in [1.165, 1.54) is 12.3 Å². The summed E-state index contributed by atoms with van der Waals surface area (Å²) in [5, 5.41) is 29.8. The second kappa shape index (κ2) is 3.38. The van der Waals surface area contributed by atoms with Crippen molar-refractivity contribution in [2.24, 2.45) is 0 Å². The Morgan fingerprint density at radius 3 is 2.62 bits per heavy atom. The largest absolute Gasteiger partial charge is 0.338 e. The van der Waals surface area contributed by atoms with E-state index in [0.717, 1.165) is 11.3 Å². The van der Waals surface area contributed by atoms with Crippen molar-refractivity contribution in [1.29, 1.82) is 0 Å². The van der Waals surface area contributed by atoms with E-state index in [1.807, 2.05) is 0 Å². The van der Waals surface area contributed by atoms with Crippen LogP contribution in [0.25, 0.3) is 0 Å². The van der Waals surface area contributed by atoms with Crippen LogP contribution in [0.15, 0.2) is 5.38 Å². The van der Waals surface area contributed by atoms with Gasteiger partial charge in [-0.05, 0) is 0 Å². The second-order valence-corrected chi connectivity index (χ2v) is 3.21. The summed E-state index contributed by atoms with van der Waals surface area (Å²) in [5.41, 5.74) is -0.318. The van der Waals surface area contributed by atoms with E-state index in [1.54, 1.807) is 0 Å². The van der Waals surface area contributed by atoms with Crippen LogP contribution in [0.2, 0.25) is 0 Å². The van der Waals surface area contributed by atoms with Crippen LogP contribution in [0.4, 0.5) is 5.13 Å². The predicted octanol–water partition coefficient (Wildman–Crippen LogP) is -0.811. The molecule has 13 heavy (non-hydrogen) atoms. The van der Waals surface area contributed by atoms with Crippen LogP contribution in [-0.2, 0) is 10.8 Å². The topological polar surface area (TPSA) is 103 Å². The highest BCUT2D eigenvalue weighted by atomic mass is 32.1. The minimum atomic E-state index is -2.95. The number of nitrogens with one attached hydrogen (secondary N) is 1. The molecule has 7 heteroatoms. The number of amides is 1. The van der Waals surface area contributed by atoms with Crippen LogP contribution in [0, 0.1) is 0 Å². The third-order valence-corrected chi connectivity index (χ3v) is 1.89. The summed E-state index contributed by atoms with van der Waals surface area (Å²) in [4.78, 5) is 14.1. The molecule has 0 fully saturated rings. The van der Waals surface area contributed by atoms with Crippen molar-refractivity contribution in [3.63, 3.8) is 0 Å². The highest BCUT2D eigenvalue weighted by Gasteiger charge is 2.25. The molecule has 0 aliphatic heterocycles. The van der Waals surface area contributed by atoms with Crippen molar-refractivity contribution in [3.05, 3.63) is 11.1 Å². The van der Waals surface area contributed by atoms with Crippen LogP contribution in [0.1, 0.15) is 12.6 Å². The quantitative estimate of drug-likeness (QED) is 0.472. The molecule has 72 valence electrons. The van der Waals surface area contributed by atoms with Gasteiger partial charge in [0.2, 0.25) is 5.91 Å². The van der Waals surface area contributed by atoms with Crippen LogP contribution < -0.4 is 5.32 Å². The summed E-state index contributed by atoms with van der Waals surface area (Å²) in [7, 11) is 0. The number of nitrogens with zero attached hydrogens (tertiary/aromatic N) is 1. The monoisotopic (exact) mass is 204 g/mol. The van der Waals surface area contributed by atoms with Gasteiger partial charge < -0.3 is 20.6 Å². The Labute approximate surface area is 77.5 Å². The summed E-state index contributed by atoms with van der Waals surface area (Å²) in [6, 6.07) is 0.